The van der Waals surface area contributed by atoms with E-state index in [9.17, 15) is 0 Å². The highest BCUT2D eigenvalue weighted by molar-refractivity contribution is 5.57. The normalized spacial score (nSPS) is 15.3. The second-order valence-corrected chi connectivity index (χ2v) is 6.06. The van der Waals surface area contributed by atoms with Crippen LogP contribution < -0.4 is 15.4 Å². The third-order valence-corrected chi connectivity index (χ3v) is 4.50. The lowest BCUT2D eigenvalue weighted by molar-refractivity contribution is 0.417. The number of anilines is 2. The molecule has 0 aromatic heterocycles. The van der Waals surface area contributed by atoms with Crippen molar-refractivity contribution in [2.75, 3.05) is 24.3 Å². The van der Waals surface area contributed by atoms with E-state index in [-0.39, 0.29) is 0 Å². The second-order valence-electron chi connectivity index (χ2n) is 6.06. The summed E-state index contributed by atoms with van der Waals surface area (Å²) in [6.07, 6.45) is 3.41. The van der Waals surface area contributed by atoms with Gasteiger partial charge in [0.05, 0.1) is 12.8 Å². The number of nitrogens with two attached hydrogens (primary N) is 1. The Balaban J connectivity index is 1.78. The average molecular weight is 296 g/mol. The van der Waals surface area contributed by atoms with E-state index < -0.39 is 0 Å². The minimum absolute atomic E-state index is 0.453. The molecule has 0 aliphatic carbocycles. The maximum absolute atomic E-state index is 6.02. The summed E-state index contributed by atoms with van der Waals surface area (Å²) in [5, 5.41) is 0. The Morgan fingerprint density at radius 3 is 2.82 bits per heavy atom. The molecule has 1 aliphatic rings. The average Bonchev–Trinajstić information content (AvgIpc) is 2.54. The molecule has 1 heterocycles. The van der Waals surface area contributed by atoms with Gasteiger partial charge in [-0.2, -0.15) is 0 Å². The van der Waals surface area contributed by atoms with Crippen molar-refractivity contribution < 1.29 is 4.74 Å². The molecule has 3 rings (SSSR count). The lowest BCUT2D eigenvalue weighted by Gasteiger charge is -2.36. The molecule has 1 unspecified atom stereocenters. The third-order valence-electron chi connectivity index (χ3n) is 4.50. The maximum Gasteiger partial charge on any atom is 0.141 e. The first kappa shape index (κ1) is 14.8. The Morgan fingerprint density at radius 2 is 2.05 bits per heavy atom. The molecule has 2 aromatic carbocycles. The van der Waals surface area contributed by atoms with E-state index in [1.165, 1.54) is 29.7 Å². The van der Waals surface area contributed by atoms with Crippen molar-refractivity contribution in [1.82, 2.24) is 0 Å². The van der Waals surface area contributed by atoms with Crippen molar-refractivity contribution in [3.05, 3.63) is 53.6 Å². The topological polar surface area (TPSA) is 38.5 Å². The van der Waals surface area contributed by atoms with Crippen LogP contribution in [0.5, 0.6) is 5.75 Å². The van der Waals surface area contributed by atoms with Crippen LogP contribution in [0, 0.1) is 0 Å². The van der Waals surface area contributed by atoms with Gasteiger partial charge in [-0.1, -0.05) is 24.3 Å². The predicted octanol–water partition coefficient (Wildman–Crippen LogP) is 3.66. The molecule has 0 saturated carbocycles. The number of ether oxygens (including phenoxy) is 1. The second kappa shape index (κ2) is 6.30. The number of benzene rings is 2. The molecule has 2 N–H and O–H groups in total. The summed E-state index contributed by atoms with van der Waals surface area (Å²) < 4.78 is 5.23. The van der Waals surface area contributed by atoms with Gasteiger partial charge in [0.1, 0.15) is 5.75 Å². The van der Waals surface area contributed by atoms with Crippen molar-refractivity contribution in [1.29, 1.82) is 0 Å². The lowest BCUT2D eigenvalue weighted by Crippen LogP contribution is -2.38. The highest BCUT2D eigenvalue weighted by Crippen LogP contribution is 2.30. The first-order chi connectivity index (χ1) is 10.7. The Bertz CT molecular complexity index is 654. The van der Waals surface area contributed by atoms with Gasteiger partial charge in [0.2, 0.25) is 0 Å². The summed E-state index contributed by atoms with van der Waals surface area (Å²) in [4.78, 5) is 2.53. The van der Waals surface area contributed by atoms with Crippen LogP contribution in [0.15, 0.2) is 42.5 Å². The molecule has 2 aromatic rings. The standard InChI is InChI=1S/C19H24N2O/c1-14(12-15-9-10-19(22-2)17(20)13-15)21-11-5-7-16-6-3-4-8-18(16)21/h3-4,6,8-10,13-14H,5,7,11-12,20H2,1-2H3. The fraction of sp³-hybridized carbons (Fsp3) is 0.368. The predicted molar refractivity (Wildman–Crippen MR) is 92.7 cm³/mol. The number of para-hydroxylation sites is 1. The van der Waals surface area contributed by atoms with Crippen molar-refractivity contribution in [2.24, 2.45) is 0 Å². The number of aryl methyl sites for hydroxylation is 1. The van der Waals surface area contributed by atoms with Crippen LogP contribution >= 0.6 is 0 Å². The molecule has 1 atom stereocenters. The monoisotopic (exact) mass is 296 g/mol. The number of fused-ring (bicyclic) bond motifs is 1. The number of nitrogens with zero attached hydrogens (tertiary/aromatic N) is 1. The zero-order valence-electron chi connectivity index (χ0n) is 13.4. The fourth-order valence-corrected chi connectivity index (χ4v) is 3.38. The smallest absolute Gasteiger partial charge is 0.141 e. The van der Waals surface area contributed by atoms with Crippen LogP contribution in [0.4, 0.5) is 11.4 Å². The Hall–Kier alpha value is -2.16. The lowest BCUT2D eigenvalue weighted by atomic mass is 9.98. The van der Waals surface area contributed by atoms with Crippen LogP contribution in [0.3, 0.4) is 0 Å². The molecular formula is C19H24N2O. The quantitative estimate of drug-likeness (QED) is 0.875. The van der Waals surface area contributed by atoms with Crippen LogP contribution in [-0.2, 0) is 12.8 Å². The van der Waals surface area contributed by atoms with Crippen LogP contribution in [-0.4, -0.2) is 19.7 Å². The highest BCUT2D eigenvalue weighted by atomic mass is 16.5. The van der Waals surface area contributed by atoms with Crippen LogP contribution in [0.25, 0.3) is 0 Å². The summed E-state index contributed by atoms with van der Waals surface area (Å²) in [6.45, 7) is 3.42. The van der Waals surface area contributed by atoms with Gasteiger partial charge in [0.15, 0.2) is 0 Å². The van der Waals surface area contributed by atoms with E-state index in [2.05, 4.69) is 42.2 Å². The molecule has 0 bridgehead atoms. The maximum atomic E-state index is 6.02. The molecule has 0 spiro atoms. The van der Waals surface area contributed by atoms with Gasteiger partial charge in [-0.15, -0.1) is 0 Å². The van der Waals surface area contributed by atoms with Gasteiger partial charge in [0.25, 0.3) is 0 Å². The summed E-state index contributed by atoms with van der Waals surface area (Å²) in [6, 6.07) is 15.3. The van der Waals surface area contributed by atoms with Crippen molar-refractivity contribution in [3.63, 3.8) is 0 Å². The number of methoxy groups -OCH3 is 1. The van der Waals surface area contributed by atoms with Gasteiger partial charge in [-0.05, 0) is 55.5 Å². The molecule has 22 heavy (non-hydrogen) atoms. The minimum Gasteiger partial charge on any atom is -0.495 e. The number of hydrogen-bond donors (Lipinski definition) is 1. The Labute approximate surface area is 132 Å². The SMILES string of the molecule is COc1ccc(CC(C)N2CCCc3ccccc32)cc1N. The number of nitrogen functional groups attached to an aromatic ring is 1. The summed E-state index contributed by atoms with van der Waals surface area (Å²) >= 11 is 0. The van der Waals surface area contributed by atoms with E-state index >= 15 is 0 Å². The summed E-state index contributed by atoms with van der Waals surface area (Å²) in [5.74, 6) is 0.750. The fourth-order valence-electron chi connectivity index (χ4n) is 3.38. The highest BCUT2D eigenvalue weighted by Gasteiger charge is 2.21. The third kappa shape index (κ3) is 2.89. The van der Waals surface area contributed by atoms with Crippen LogP contribution in [0.2, 0.25) is 0 Å². The van der Waals surface area contributed by atoms with E-state index in [4.69, 9.17) is 10.5 Å². The van der Waals surface area contributed by atoms with Gasteiger partial charge >= 0.3 is 0 Å². The summed E-state index contributed by atoms with van der Waals surface area (Å²) in [5.41, 5.74) is 10.9. The largest absolute Gasteiger partial charge is 0.495 e. The zero-order valence-corrected chi connectivity index (χ0v) is 13.4. The Kier molecular flexibility index (Phi) is 4.23. The summed E-state index contributed by atoms with van der Waals surface area (Å²) in [7, 11) is 1.65. The molecule has 1 aliphatic heterocycles. The first-order valence-electron chi connectivity index (χ1n) is 7.96. The Morgan fingerprint density at radius 1 is 1.23 bits per heavy atom. The molecule has 0 saturated heterocycles. The minimum atomic E-state index is 0.453. The van der Waals surface area contributed by atoms with Gasteiger partial charge < -0.3 is 15.4 Å². The molecular weight excluding hydrogens is 272 g/mol. The van der Waals surface area contributed by atoms with E-state index in [1.54, 1.807) is 7.11 Å². The number of rotatable bonds is 4. The van der Waals surface area contributed by atoms with E-state index in [0.29, 0.717) is 11.7 Å². The van der Waals surface area contributed by atoms with Crippen molar-refractivity contribution in [3.8, 4) is 5.75 Å². The van der Waals surface area contributed by atoms with E-state index in [1.807, 2.05) is 12.1 Å². The molecule has 0 amide bonds. The molecule has 0 fully saturated rings. The first-order valence-corrected chi connectivity index (χ1v) is 7.96. The van der Waals surface area contributed by atoms with E-state index in [0.717, 1.165) is 18.7 Å². The molecule has 0 radical (unpaired) electrons. The zero-order chi connectivity index (χ0) is 15.5. The van der Waals surface area contributed by atoms with Gasteiger partial charge in [-0.3, -0.25) is 0 Å². The molecule has 3 heteroatoms. The molecule has 116 valence electrons. The van der Waals surface area contributed by atoms with Crippen molar-refractivity contribution in [2.45, 2.75) is 32.2 Å². The number of hydrogen-bond acceptors (Lipinski definition) is 3. The van der Waals surface area contributed by atoms with Gasteiger partial charge in [0, 0.05) is 18.3 Å². The van der Waals surface area contributed by atoms with Crippen molar-refractivity contribution >= 4 is 11.4 Å². The van der Waals surface area contributed by atoms with Crippen LogP contribution in [0.1, 0.15) is 24.5 Å². The molecule has 3 nitrogen and oxygen atoms in total. The van der Waals surface area contributed by atoms with Gasteiger partial charge in [-0.25, -0.2) is 0 Å².